The third-order valence-corrected chi connectivity index (χ3v) is 5.62. The predicted molar refractivity (Wildman–Crippen MR) is 91.2 cm³/mol. The first kappa shape index (κ1) is 16.5. The molecule has 0 bridgehead atoms. The molecule has 0 aliphatic heterocycles. The number of fused-ring (bicyclic) bond motifs is 1. The van der Waals surface area contributed by atoms with Crippen LogP contribution in [0.25, 0.3) is 0 Å². The van der Waals surface area contributed by atoms with E-state index in [0.717, 1.165) is 19.3 Å². The van der Waals surface area contributed by atoms with Crippen molar-refractivity contribution in [2.24, 2.45) is 11.3 Å². The van der Waals surface area contributed by atoms with Crippen molar-refractivity contribution in [3.8, 4) is 0 Å². The first-order valence-electron chi connectivity index (χ1n) is 8.49. The molecule has 1 saturated carbocycles. The topological polar surface area (TPSA) is 20.2 Å². The molecule has 0 saturated heterocycles. The molecule has 118 valence electrons. The van der Waals surface area contributed by atoms with E-state index in [2.05, 4.69) is 46.8 Å². The van der Waals surface area contributed by atoms with Crippen molar-refractivity contribution < 1.29 is 5.11 Å². The van der Waals surface area contributed by atoms with Gasteiger partial charge in [-0.25, -0.2) is 0 Å². The van der Waals surface area contributed by atoms with Crippen molar-refractivity contribution in [3.63, 3.8) is 0 Å². The van der Waals surface area contributed by atoms with Crippen molar-refractivity contribution in [1.29, 1.82) is 0 Å². The lowest BCUT2D eigenvalue weighted by Crippen LogP contribution is -2.22. The van der Waals surface area contributed by atoms with Gasteiger partial charge in [0.05, 0.1) is 6.10 Å². The van der Waals surface area contributed by atoms with E-state index in [9.17, 15) is 5.11 Å². The number of hydrogen-bond acceptors (Lipinski definition) is 1. The molecule has 0 radical (unpaired) electrons. The summed E-state index contributed by atoms with van der Waals surface area (Å²) in [7, 11) is 0. The van der Waals surface area contributed by atoms with Gasteiger partial charge >= 0.3 is 0 Å². The SMILES string of the molecule is CC(C)=C1CC[C@]2(C)C/C=C(\C)C[C@@H](O)/C=C(\C)CC[C@H]12. The largest absolute Gasteiger partial charge is 0.389 e. The highest BCUT2D eigenvalue weighted by atomic mass is 16.3. The number of aliphatic hydroxyl groups excluding tert-OH is 1. The van der Waals surface area contributed by atoms with E-state index in [-0.39, 0.29) is 6.10 Å². The van der Waals surface area contributed by atoms with Gasteiger partial charge in [0, 0.05) is 0 Å². The fraction of sp³-hybridized carbons (Fsp3) is 0.700. The number of aliphatic hydroxyl groups is 1. The van der Waals surface area contributed by atoms with Crippen molar-refractivity contribution in [3.05, 3.63) is 34.4 Å². The molecule has 0 aromatic heterocycles. The maximum Gasteiger partial charge on any atom is 0.0760 e. The number of allylic oxidation sites excluding steroid dienone is 4. The molecule has 2 aliphatic rings. The summed E-state index contributed by atoms with van der Waals surface area (Å²) in [6, 6.07) is 0. The Balaban J connectivity index is 2.34. The van der Waals surface area contributed by atoms with Gasteiger partial charge in [-0.05, 0) is 77.6 Å². The average molecular weight is 288 g/mol. The minimum absolute atomic E-state index is 0.310. The zero-order valence-corrected chi connectivity index (χ0v) is 14.5. The first-order chi connectivity index (χ1) is 9.82. The highest BCUT2D eigenvalue weighted by molar-refractivity contribution is 5.24. The summed E-state index contributed by atoms with van der Waals surface area (Å²) in [5, 5.41) is 10.1. The normalized spacial score (nSPS) is 39.6. The van der Waals surface area contributed by atoms with Gasteiger partial charge in [0.25, 0.3) is 0 Å². The summed E-state index contributed by atoms with van der Waals surface area (Å²) >= 11 is 0. The van der Waals surface area contributed by atoms with Crippen molar-refractivity contribution in [1.82, 2.24) is 0 Å². The van der Waals surface area contributed by atoms with Gasteiger partial charge in [-0.3, -0.25) is 0 Å². The second kappa shape index (κ2) is 6.52. The van der Waals surface area contributed by atoms with E-state index in [4.69, 9.17) is 0 Å². The van der Waals surface area contributed by atoms with Crippen LogP contribution in [0, 0.1) is 11.3 Å². The van der Waals surface area contributed by atoms with E-state index in [1.54, 1.807) is 5.57 Å². The summed E-state index contributed by atoms with van der Waals surface area (Å²) in [4.78, 5) is 0. The summed E-state index contributed by atoms with van der Waals surface area (Å²) in [5.74, 6) is 0.713. The van der Waals surface area contributed by atoms with Crippen molar-refractivity contribution in [2.75, 3.05) is 0 Å². The van der Waals surface area contributed by atoms with Gasteiger partial charge in [-0.2, -0.15) is 0 Å². The fourth-order valence-electron chi connectivity index (χ4n) is 4.22. The van der Waals surface area contributed by atoms with Gasteiger partial charge in [0.15, 0.2) is 0 Å². The molecule has 2 rings (SSSR count). The molecular weight excluding hydrogens is 256 g/mol. The van der Waals surface area contributed by atoms with E-state index in [1.807, 2.05) is 0 Å². The van der Waals surface area contributed by atoms with Gasteiger partial charge in [-0.1, -0.05) is 41.4 Å². The van der Waals surface area contributed by atoms with Crippen LogP contribution in [0.3, 0.4) is 0 Å². The zero-order valence-electron chi connectivity index (χ0n) is 14.5. The molecule has 1 fully saturated rings. The summed E-state index contributed by atoms with van der Waals surface area (Å²) < 4.78 is 0. The van der Waals surface area contributed by atoms with Gasteiger partial charge in [0.2, 0.25) is 0 Å². The molecule has 0 heterocycles. The Morgan fingerprint density at radius 1 is 1.19 bits per heavy atom. The Morgan fingerprint density at radius 3 is 2.57 bits per heavy atom. The van der Waals surface area contributed by atoms with E-state index in [1.165, 1.54) is 36.0 Å². The lowest BCUT2D eigenvalue weighted by molar-refractivity contribution is 0.222. The van der Waals surface area contributed by atoms with Crippen molar-refractivity contribution in [2.45, 2.75) is 79.2 Å². The Morgan fingerprint density at radius 2 is 1.90 bits per heavy atom. The molecule has 0 unspecified atom stereocenters. The quantitative estimate of drug-likeness (QED) is 0.578. The van der Waals surface area contributed by atoms with E-state index in [0.29, 0.717) is 11.3 Å². The van der Waals surface area contributed by atoms with Crippen molar-refractivity contribution >= 4 is 0 Å². The Hall–Kier alpha value is -0.820. The lowest BCUT2D eigenvalue weighted by atomic mass is 9.72. The minimum Gasteiger partial charge on any atom is -0.389 e. The molecule has 0 aromatic carbocycles. The zero-order chi connectivity index (χ0) is 15.6. The monoisotopic (exact) mass is 288 g/mol. The second-order valence-electron chi connectivity index (χ2n) is 7.81. The highest BCUT2D eigenvalue weighted by Gasteiger charge is 2.41. The Kier molecular flexibility index (Phi) is 5.14. The van der Waals surface area contributed by atoms with E-state index < -0.39 is 0 Å². The minimum atomic E-state index is -0.310. The van der Waals surface area contributed by atoms with Crippen LogP contribution in [0.1, 0.15) is 73.1 Å². The van der Waals surface area contributed by atoms with Crippen LogP contribution in [-0.4, -0.2) is 11.2 Å². The van der Waals surface area contributed by atoms with Gasteiger partial charge in [-0.15, -0.1) is 0 Å². The molecule has 1 nitrogen and oxygen atoms in total. The molecule has 0 amide bonds. The summed E-state index contributed by atoms with van der Waals surface area (Å²) in [5.41, 5.74) is 6.32. The standard InChI is InChI=1S/C20H32O/c1-14(2)18-9-11-20(5)10-8-16(4)13-17(21)12-15(3)6-7-19(18)20/h8,12,17,19,21H,6-7,9-11,13H2,1-5H3/b15-12+,16-8+/t17-,19+,20-/m0/s1. The molecule has 3 atom stereocenters. The lowest BCUT2D eigenvalue weighted by Gasteiger charge is -2.32. The Bertz CT molecular complexity index is 476. The van der Waals surface area contributed by atoms with Crippen LogP contribution >= 0.6 is 0 Å². The molecule has 0 aromatic rings. The predicted octanol–water partition coefficient (Wildman–Crippen LogP) is 5.57. The van der Waals surface area contributed by atoms with Crippen LogP contribution in [0.4, 0.5) is 0 Å². The van der Waals surface area contributed by atoms with Crippen LogP contribution < -0.4 is 0 Å². The maximum atomic E-state index is 10.1. The number of rotatable bonds is 0. The summed E-state index contributed by atoms with van der Waals surface area (Å²) in [6.45, 7) is 11.4. The smallest absolute Gasteiger partial charge is 0.0760 e. The fourth-order valence-corrected chi connectivity index (χ4v) is 4.22. The molecular formula is C20H32O. The molecule has 1 heteroatoms. The molecule has 21 heavy (non-hydrogen) atoms. The summed E-state index contributed by atoms with van der Waals surface area (Å²) in [6.07, 6.45) is 11.0. The van der Waals surface area contributed by atoms with Gasteiger partial charge < -0.3 is 5.11 Å². The molecule has 0 spiro atoms. The number of hydrogen-bond donors (Lipinski definition) is 1. The van der Waals surface area contributed by atoms with Crippen LogP contribution in [0.2, 0.25) is 0 Å². The third kappa shape index (κ3) is 3.88. The highest BCUT2D eigenvalue weighted by Crippen LogP contribution is 2.52. The molecule has 1 N–H and O–H groups in total. The van der Waals surface area contributed by atoms with Crippen LogP contribution in [-0.2, 0) is 0 Å². The van der Waals surface area contributed by atoms with E-state index >= 15 is 0 Å². The molecule has 2 aliphatic carbocycles. The average Bonchev–Trinajstić information content (AvgIpc) is 2.70. The van der Waals surface area contributed by atoms with Gasteiger partial charge in [0.1, 0.15) is 0 Å². The van der Waals surface area contributed by atoms with Crippen LogP contribution in [0.5, 0.6) is 0 Å². The first-order valence-corrected chi connectivity index (χ1v) is 8.49. The van der Waals surface area contributed by atoms with Crippen LogP contribution in [0.15, 0.2) is 34.4 Å². The maximum absolute atomic E-state index is 10.1. The second-order valence-corrected chi connectivity index (χ2v) is 7.81. The third-order valence-electron chi connectivity index (χ3n) is 5.62. The Labute approximate surface area is 130 Å².